The van der Waals surface area contributed by atoms with Gasteiger partial charge in [0, 0.05) is 27.4 Å². The van der Waals surface area contributed by atoms with Gasteiger partial charge in [0.2, 0.25) is 5.28 Å². The van der Waals surface area contributed by atoms with Gasteiger partial charge in [-0.2, -0.15) is 0 Å². The van der Waals surface area contributed by atoms with Crippen LogP contribution in [-0.2, 0) is 0 Å². The van der Waals surface area contributed by atoms with Crippen LogP contribution in [0.2, 0.25) is 5.28 Å². The topological polar surface area (TPSA) is 43.9 Å². The number of benzene rings is 4. The molecule has 4 aromatic carbocycles. The average molecular weight is 446 g/mol. The second-order valence-corrected chi connectivity index (χ2v) is 8.38. The fraction of sp³-hybridized carbons (Fsp3) is 0. The van der Waals surface area contributed by atoms with E-state index in [4.69, 9.17) is 16.0 Å². The van der Waals surface area contributed by atoms with Crippen LogP contribution < -0.4 is 0 Å². The first kappa shape index (κ1) is 18.4. The molecule has 33 heavy (non-hydrogen) atoms. The number of nitrogens with zero attached hydrogens (tertiary/aromatic N) is 3. The third-order valence-corrected chi connectivity index (χ3v) is 6.32. The monoisotopic (exact) mass is 445 g/mol. The predicted octanol–water partition coefficient (Wildman–Crippen LogP) is 7.79. The molecule has 3 heterocycles. The molecule has 0 bridgehead atoms. The van der Waals surface area contributed by atoms with E-state index in [0.717, 1.165) is 44.2 Å². The van der Waals surface area contributed by atoms with Gasteiger partial charge in [-0.1, -0.05) is 54.6 Å². The maximum Gasteiger partial charge on any atom is 0.223 e. The first-order valence-corrected chi connectivity index (χ1v) is 11.1. The standard InChI is InChI=1S/C28H16ClN3O/c29-28-30-25(27-26(31-28)20-11-5-7-13-24(20)33-27)17-14-15-23-21(16-17)19-10-4-6-12-22(19)32(23)18-8-2-1-3-9-18/h1-16H. The van der Waals surface area contributed by atoms with Crippen molar-refractivity contribution in [3.63, 3.8) is 0 Å². The van der Waals surface area contributed by atoms with Crippen molar-refractivity contribution in [1.82, 2.24) is 14.5 Å². The lowest BCUT2D eigenvalue weighted by Crippen LogP contribution is -1.93. The Morgan fingerprint density at radius 1 is 0.667 bits per heavy atom. The summed E-state index contributed by atoms with van der Waals surface area (Å²) in [5.41, 5.74) is 7.19. The Bertz CT molecular complexity index is 1830. The van der Waals surface area contributed by atoms with Crippen LogP contribution in [0.3, 0.4) is 0 Å². The molecule has 0 unspecified atom stereocenters. The molecule has 0 radical (unpaired) electrons. The molecule has 156 valence electrons. The van der Waals surface area contributed by atoms with Crippen LogP contribution in [0.5, 0.6) is 0 Å². The highest BCUT2D eigenvalue weighted by atomic mass is 35.5. The van der Waals surface area contributed by atoms with Crippen molar-refractivity contribution < 1.29 is 4.42 Å². The van der Waals surface area contributed by atoms with Gasteiger partial charge in [0.15, 0.2) is 5.58 Å². The number of para-hydroxylation sites is 3. The molecule has 0 amide bonds. The van der Waals surface area contributed by atoms with Gasteiger partial charge in [0.25, 0.3) is 0 Å². The quantitative estimate of drug-likeness (QED) is 0.255. The highest BCUT2D eigenvalue weighted by molar-refractivity contribution is 6.29. The number of hydrogen-bond donors (Lipinski definition) is 0. The Labute approximate surface area is 193 Å². The van der Waals surface area contributed by atoms with E-state index in [0.29, 0.717) is 11.3 Å². The summed E-state index contributed by atoms with van der Waals surface area (Å²) < 4.78 is 8.47. The number of halogens is 1. The normalized spacial score (nSPS) is 11.8. The summed E-state index contributed by atoms with van der Waals surface area (Å²) in [6.45, 7) is 0. The van der Waals surface area contributed by atoms with Crippen LogP contribution in [0.25, 0.3) is 60.8 Å². The van der Waals surface area contributed by atoms with E-state index in [-0.39, 0.29) is 5.28 Å². The third-order valence-electron chi connectivity index (χ3n) is 6.15. The highest BCUT2D eigenvalue weighted by Crippen LogP contribution is 2.38. The molecule has 3 aromatic heterocycles. The summed E-state index contributed by atoms with van der Waals surface area (Å²) in [6, 6.07) is 33.1. The molecule has 5 heteroatoms. The Morgan fingerprint density at radius 2 is 1.39 bits per heavy atom. The minimum Gasteiger partial charge on any atom is -0.452 e. The lowest BCUT2D eigenvalue weighted by Gasteiger charge is -2.08. The van der Waals surface area contributed by atoms with Gasteiger partial charge >= 0.3 is 0 Å². The fourth-order valence-corrected chi connectivity index (χ4v) is 4.90. The molecular weight excluding hydrogens is 430 g/mol. The molecule has 7 rings (SSSR count). The zero-order valence-electron chi connectivity index (χ0n) is 17.4. The number of hydrogen-bond acceptors (Lipinski definition) is 3. The van der Waals surface area contributed by atoms with Gasteiger partial charge in [0.1, 0.15) is 16.8 Å². The van der Waals surface area contributed by atoms with E-state index < -0.39 is 0 Å². The Kier molecular flexibility index (Phi) is 3.87. The second kappa shape index (κ2) is 6.92. The van der Waals surface area contributed by atoms with Crippen molar-refractivity contribution in [3.05, 3.63) is 102 Å². The minimum atomic E-state index is 0.205. The third kappa shape index (κ3) is 2.71. The van der Waals surface area contributed by atoms with E-state index >= 15 is 0 Å². The zero-order chi connectivity index (χ0) is 21.9. The van der Waals surface area contributed by atoms with Crippen LogP contribution in [0.4, 0.5) is 0 Å². The summed E-state index contributed by atoms with van der Waals surface area (Å²) >= 11 is 6.36. The Hall–Kier alpha value is -4.15. The molecule has 0 aliphatic rings. The van der Waals surface area contributed by atoms with Crippen molar-refractivity contribution in [2.75, 3.05) is 0 Å². The molecule has 0 aliphatic heterocycles. The molecule has 0 atom stereocenters. The second-order valence-electron chi connectivity index (χ2n) is 8.04. The van der Waals surface area contributed by atoms with Gasteiger partial charge in [0.05, 0.1) is 11.0 Å². The van der Waals surface area contributed by atoms with E-state index in [1.807, 2.05) is 30.3 Å². The van der Waals surface area contributed by atoms with Crippen LogP contribution in [0.1, 0.15) is 0 Å². The van der Waals surface area contributed by atoms with Crippen LogP contribution in [-0.4, -0.2) is 14.5 Å². The van der Waals surface area contributed by atoms with Gasteiger partial charge in [-0.3, -0.25) is 0 Å². The number of furan rings is 1. The van der Waals surface area contributed by atoms with Gasteiger partial charge < -0.3 is 8.98 Å². The van der Waals surface area contributed by atoms with Crippen LogP contribution in [0.15, 0.2) is 101 Å². The van der Waals surface area contributed by atoms with E-state index in [9.17, 15) is 0 Å². The molecule has 0 aliphatic carbocycles. The smallest absolute Gasteiger partial charge is 0.223 e. The van der Waals surface area contributed by atoms with E-state index in [2.05, 4.69) is 81.3 Å². The lowest BCUT2D eigenvalue weighted by atomic mass is 10.1. The summed E-state index contributed by atoms with van der Waals surface area (Å²) in [7, 11) is 0. The summed E-state index contributed by atoms with van der Waals surface area (Å²) in [5, 5.41) is 3.46. The molecule has 7 aromatic rings. The molecule has 0 spiro atoms. The summed E-state index contributed by atoms with van der Waals surface area (Å²) in [4.78, 5) is 9.03. The molecular formula is C28H16ClN3O. The van der Waals surface area contributed by atoms with E-state index in [1.54, 1.807) is 0 Å². The highest BCUT2D eigenvalue weighted by Gasteiger charge is 2.18. The SMILES string of the molecule is Clc1nc(-c2ccc3c(c2)c2ccccc2n3-c2ccccc2)c2oc3ccccc3c2n1. The number of aromatic nitrogens is 3. The first-order valence-electron chi connectivity index (χ1n) is 10.7. The van der Waals surface area contributed by atoms with Gasteiger partial charge in [-0.05, 0) is 54.1 Å². The fourth-order valence-electron chi connectivity index (χ4n) is 4.73. The summed E-state index contributed by atoms with van der Waals surface area (Å²) in [6.07, 6.45) is 0. The Morgan fingerprint density at radius 3 is 2.27 bits per heavy atom. The molecule has 0 N–H and O–H groups in total. The maximum atomic E-state index is 6.36. The molecule has 0 saturated heterocycles. The van der Waals surface area contributed by atoms with Crippen LogP contribution in [0, 0.1) is 0 Å². The summed E-state index contributed by atoms with van der Waals surface area (Å²) in [5.74, 6) is 0. The van der Waals surface area contributed by atoms with Crippen molar-refractivity contribution in [3.8, 4) is 16.9 Å². The zero-order valence-corrected chi connectivity index (χ0v) is 18.1. The molecule has 0 saturated carbocycles. The minimum absolute atomic E-state index is 0.205. The van der Waals surface area contributed by atoms with Gasteiger partial charge in [-0.15, -0.1) is 0 Å². The van der Waals surface area contributed by atoms with Crippen molar-refractivity contribution >= 4 is 55.5 Å². The molecule has 0 fully saturated rings. The molecule has 4 nitrogen and oxygen atoms in total. The lowest BCUT2D eigenvalue weighted by molar-refractivity contribution is 0.667. The Balaban J connectivity index is 1.55. The average Bonchev–Trinajstić information content (AvgIpc) is 3.39. The van der Waals surface area contributed by atoms with E-state index in [1.165, 1.54) is 5.39 Å². The predicted molar refractivity (Wildman–Crippen MR) is 134 cm³/mol. The van der Waals surface area contributed by atoms with Gasteiger partial charge in [-0.25, -0.2) is 9.97 Å². The number of fused-ring (bicyclic) bond motifs is 6. The van der Waals surface area contributed by atoms with Crippen LogP contribution >= 0.6 is 11.6 Å². The maximum absolute atomic E-state index is 6.36. The van der Waals surface area contributed by atoms with Crippen molar-refractivity contribution in [2.24, 2.45) is 0 Å². The number of rotatable bonds is 2. The van der Waals surface area contributed by atoms with Crippen molar-refractivity contribution in [1.29, 1.82) is 0 Å². The largest absolute Gasteiger partial charge is 0.452 e. The first-order chi connectivity index (χ1) is 16.3. The van der Waals surface area contributed by atoms with Crippen molar-refractivity contribution in [2.45, 2.75) is 0 Å².